The van der Waals surface area contributed by atoms with E-state index in [1.807, 2.05) is 12.1 Å². The molecule has 0 bridgehead atoms. The molecule has 0 saturated carbocycles. The lowest BCUT2D eigenvalue weighted by atomic mass is 10.2. The van der Waals surface area contributed by atoms with Crippen molar-refractivity contribution in [2.24, 2.45) is 0 Å². The summed E-state index contributed by atoms with van der Waals surface area (Å²) in [5, 5.41) is 3.51. The van der Waals surface area contributed by atoms with E-state index in [1.165, 1.54) is 0 Å². The molecule has 21 heavy (non-hydrogen) atoms. The second kappa shape index (κ2) is 7.55. The fraction of sp³-hybridized carbons (Fsp3) is 0.188. The van der Waals surface area contributed by atoms with Gasteiger partial charge >= 0.3 is 0 Å². The molecule has 0 aliphatic heterocycles. The van der Waals surface area contributed by atoms with E-state index in [2.05, 4.69) is 5.32 Å². The van der Waals surface area contributed by atoms with Gasteiger partial charge in [-0.3, -0.25) is 4.79 Å². The lowest BCUT2D eigenvalue weighted by molar-refractivity contribution is -0.121. The molecule has 3 N–H and O–H groups in total. The zero-order valence-corrected chi connectivity index (χ0v) is 12.3. The SMILES string of the molecule is Nc1ccc(OCCC(=O)NCc2ccc(Cl)cc2)cc1. The number of rotatable bonds is 6. The van der Waals surface area contributed by atoms with Gasteiger partial charge in [-0.15, -0.1) is 0 Å². The lowest BCUT2D eigenvalue weighted by Crippen LogP contribution is -2.24. The molecule has 5 heteroatoms. The maximum absolute atomic E-state index is 11.7. The minimum absolute atomic E-state index is 0.0552. The molecule has 0 fully saturated rings. The second-order valence-corrected chi connectivity index (χ2v) is 5.01. The minimum Gasteiger partial charge on any atom is -0.493 e. The highest BCUT2D eigenvalue weighted by molar-refractivity contribution is 6.30. The van der Waals surface area contributed by atoms with Crippen LogP contribution >= 0.6 is 11.6 Å². The van der Waals surface area contributed by atoms with E-state index in [9.17, 15) is 4.79 Å². The summed E-state index contributed by atoms with van der Waals surface area (Å²) in [6.45, 7) is 0.814. The monoisotopic (exact) mass is 304 g/mol. The first-order chi connectivity index (χ1) is 10.1. The Morgan fingerprint density at radius 1 is 1.10 bits per heavy atom. The molecule has 2 aromatic carbocycles. The molecule has 0 spiro atoms. The molecule has 0 aromatic heterocycles. The molecular formula is C16H17ClN2O2. The van der Waals surface area contributed by atoms with E-state index in [0.29, 0.717) is 36.0 Å². The number of nitrogens with two attached hydrogens (primary N) is 1. The van der Waals surface area contributed by atoms with Gasteiger partial charge < -0.3 is 15.8 Å². The maximum Gasteiger partial charge on any atom is 0.223 e. The third-order valence-electron chi connectivity index (χ3n) is 2.88. The van der Waals surface area contributed by atoms with E-state index < -0.39 is 0 Å². The Morgan fingerprint density at radius 2 is 1.76 bits per heavy atom. The van der Waals surface area contributed by atoms with Gasteiger partial charge in [-0.05, 0) is 42.0 Å². The molecule has 0 radical (unpaired) electrons. The van der Waals surface area contributed by atoms with Crippen LogP contribution in [-0.4, -0.2) is 12.5 Å². The highest BCUT2D eigenvalue weighted by Crippen LogP contribution is 2.13. The number of nitrogens with one attached hydrogen (secondary N) is 1. The van der Waals surface area contributed by atoms with Crippen LogP contribution in [0.3, 0.4) is 0 Å². The van der Waals surface area contributed by atoms with Gasteiger partial charge in [0.15, 0.2) is 0 Å². The molecule has 0 atom stereocenters. The maximum atomic E-state index is 11.7. The van der Waals surface area contributed by atoms with Crippen LogP contribution in [-0.2, 0) is 11.3 Å². The van der Waals surface area contributed by atoms with Crippen molar-refractivity contribution >= 4 is 23.2 Å². The summed E-state index contributed by atoms with van der Waals surface area (Å²) in [7, 11) is 0. The van der Waals surface area contributed by atoms with Gasteiger partial charge in [-0.1, -0.05) is 23.7 Å². The van der Waals surface area contributed by atoms with Crippen molar-refractivity contribution in [3.05, 3.63) is 59.1 Å². The first-order valence-corrected chi connectivity index (χ1v) is 7.01. The average molecular weight is 305 g/mol. The number of hydrogen-bond acceptors (Lipinski definition) is 3. The van der Waals surface area contributed by atoms with Crippen LogP contribution in [0.25, 0.3) is 0 Å². The van der Waals surface area contributed by atoms with Crippen LogP contribution < -0.4 is 15.8 Å². The summed E-state index contributed by atoms with van der Waals surface area (Å²) >= 11 is 5.80. The molecule has 0 aliphatic carbocycles. The number of carbonyl (C=O) groups is 1. The first-order valence-electron chi connectivity index (χ1n) is 6.63. The molecule has 2 aromatic rings. The average Bonchev–Trinajstić information content (AvgIpc) is 2.49. The molecule has 0 heterocycles. The quantitative estimate of drug-likeness (QED) is 0.806. The zero-order valence-electron chi connectivity index (χ0n) is 11.5. The number of ether oxygens (including phenoxy) is 1. The summed E-state index contributed by atoms with van der Waals surface area (Å²) in [4.78, 5) is 11.7. The van der Waals surface area contributed by atoms with Crippen LogP contribution in [0.1, 0.15) is 12.0 Å². The summed E-state index contributed by atoms with van der Waals surface area (Å²) < 4.78 is 5.47. The number of carbonyl (C=O) groups excluding carboxylic acids is 1. The fourth-order valence-corrected chi connectivity index (χ4v) is 1.84. The Bertz CT molecular complexity index is 582. The minimum atomic E-state index is -0.0552. The van der Waals surface area contributed by atoms with Crippen LogP contribution in [0.2, 0.25) is 5.02 Å². The van der Waals surface area contributed by atoms with Gasteiger partial charge in [-0.2, -0.15) is 0 Å². The number of halogens is 1. The Labute approximate surface area is 128 Å². The molecule has 4 nitrogen and oxygen atoms in total. The van der Waals surface area contributed by atoms with Gasteiger partial charge in [0.1, 0.15) is 5.75 Å². The number of anilines is 1. The zero-order chi connectivity index (χ0) is 15.1. The molecule has 0 saturated heterocycles. The van der Waals surface area contributed by atoms with Crippen molar-refractivity contribution in [3.63, 3.8) is 0 Å². The Morgan fingerprint density at radius 3 is 2.43 bits per heavy atom. The van der Waals surface area contributed by atoms with Crippen molar-refractivity contribution in [2.75, 3.05) is 12.3 Å². The lowest BCUT2D eigenvalue weighted by Gasteiger charge is -2.07. The molecule has 0 unspecified atom stereocenters. The second-order valence-electron chi connectivity index (χ2n) is 4.57. The summed E-state index contributed by atoms with van der Waals surface area (Å²) in [5.74, 6) is 0.648. The first kappa shape index (κ1) is 15.2. The third-order valence-corrected chi connectivity index (χ3v) is 3.13. The van der Waals surface area contributed by atoms with Gasteiger partial charge in [0.25, 0.3) is 0 Å². The van der Waals surface area contributed by atoms with Crippen LogP contribution in [0.5, 0.6) is 5.75 Å². The summed E-state index contributed by atoms with van der Waals surface area (Å²) in [6.07, 6.45) is 0.304. The van der Waals surface area contributed by atoms with Crippen molar-refractivity contribution in [2.45, 2.75) is 13.0 Å². The van der Waals surface area contributed by atoms with E-state index in [-0.39, 0.29) is 5.91 Å². The smallest absolute Gasteiger partial charge is 0.223 e. The van der Waals surface area contributed by atoms with Crippen molar-refractivity contribution in [1.29, 1.82) is 0 Å². The van der Waals surface area contributed by atoms with Crippen molar-refractivity contribution in [3.8, 4) is 5.75 Å². The Hall–Kier alpha value is -2.20. The van der Waals surface area contributed by atoms with E-state index in [0.717, 1.165) is 5.56 Å². The number of nitrogen functional groups attached to an aromatic ring is 1. The van der Waals surface area contributed by atoms with E-state index >= 15 is 0 Å². The largest absolute Gasteiger partial charge is 0.493 e. The number of amides is 1. The van der Waals surface area contributed by atoms with Crippen LogP contribution in [0.15, 0.2) is 48.5 Å². The normalized spacial score (nSPS) is 10.1. The standard InChI is InChI=1S/C16H17ClN2O2/c17-13-3-1-12(2-4-13)11-19-16(20)9-10-21-15-7-5-14(18)6-8-15/h1-8H,9-11,18H2,(H,19,20). The molecule has 0 aliphatic rings. The highest BCUT2D eigenvalue weighted by Gasteiger charge is 2.02. The van der Waals surface area contributed by atoms with Crippen LogP contribution in [0, 0.1) is 0 Å². The van der Waals surface area contributed by atoms with E-state index in [4.69, 9.17) is 22.1 Å². The molecule has 2 rings (SSSR count). The van der Waals surface area contributed by atoms with Crippen molar-refractivity contribution < 1.29 is 9.53 Å². The fourth-order valence-electron chi connectivity index (χ4n) is 1.72. The molecule has 1 amide bonds. The predicted molar refractivity (Wildman–Crippen MR) is 84.3 cm³/mol. The third kappa shape index (κ3) is 5.36. The number of hydrogen-bond donors (Lipinski definition) is 2. The predicted octanol–water partition coefficient (Wildman–Crippen LogP) is 3.01. The van der Waals surface area contributed by atoms with Gasteiger partial charge in [0.05, 0.1) is 13.0 Å². The summed E-state index contributed by atoms with van der Waals surface area (Å²) in [5.41, 5.74) is 7.27. The summed E-state index contributed by atoms with van der Waals surface area (Å²) in [6, 6.07) is 14.4. The molecule has 110 valence electrons. The topological polar surface area (TPSA) is 64.3 Å². The van der Waals surface area contributed by atoms with E-state index in [1.54, 1.807) is 36.4 Å². The number of benzene rings is 2. The van der Waals surface area contributed by atoms with Crippen molar-refractivity contribution in [1.82, 2.24) is 5.32 Å². The molecular weight excluding hydrogens is 288 g/mol. The van der Waals surface area contributed by atoms with Gasteiger partial charge in [-0.25, -0.2) is 0 Å². The van der Waals surface area contributed by atoms with Gasteiger partial charge in [0.2, 0.25) is 5.91 Å². The Balaban J connectivity index is 1.67. The van der Waals surface area contributed by atoms with Crippen LogP contribution in [0.4, 0.5) is 5.69 Å². The Kier molecular flexibility index (Phi) is 5.46. The highest BCUT2D eigenvalue weighted by atomic mass is 35.5. The van der Waals surface area contributed by atoms with Gasteiger partial charge in [0, 0.05) is 17.3 Å².